The van der Waals surface area contributed by atoms with E-state index in [2.05, 4.69) is 10.3 Å². The standard InChI is InChI=1S/C12H15ClN4O2/c1-8-9(2)16(12(15-8)7-17(18)19)6-10-3-4-11(13)14-5-10/h3-5,7-9,15H,6H2,1-2H3/b12-7+/t8-,9+/m0/s1. The highest BCUT2D eigenvalue weighted by Crippen LogP contribution is 2.22. The first-order valence-corrected chi connectivity index (χ1v) is 6.34. The van der Waals surface area contributed by atoms with E-state index < -0.39 is 4.92 Å². The van der Waals surface area contributed by atoms with Crippen molar-refractivity contribution >= 4 is 11.6 Å². The van der Waals surface area contributed by atoms with Crippen LogP contribution >= 0.6 is 11.6 Å². The van der Waals surface area contributed by atoms with Gasteiger partial charge in [0.05, 0.1) is 4.92 Å². The van der Waals surface area contributed by atoms with Crippen LogP contribution in [0.4, 0.5) is 0 Å². The number of rotatable bonds is 3. The molecule has 1 N–H and O–H groups in total. The molecule has 2 atom stereocenters. The number of pyridine rings is 1. The van der Waals surface area contributed by atoms with Crippen molar-refractivity contribution in [1.29, 1.82) is 0 Å². The Bertz CT molecular complexity index is 503. The van der Waals surface area contributed by atoms with Gasteiger partial charge in [0.2, 0.25) is 0 Å². The van der Waals surface area contributed by atoms with Gasteiger partial charge in [-0.25, -0.2) is 4.98 Å². The molecule has 0 radical (unpaired) electrons. The van der Waals surface area contributed by atoms with Crippen LogP contribution < -0.4 is 5.32 Å². The summed E-state index contributed by atoms with van der Waals surface area (Å²) >= 11 is 5.74. The molecular weight excluding hydrogens is 268 g/mol. The molecule has 1 aromatic heterocycles. The Kier molecular flexibility index (Phi) is 3.90. The topological polar surface area (TPSA) is 71.3 Å². The van der Waals surface area contributed by atoms with E-state index in [9.17, 15) is 10.1 Å². The average molecular weight is 283 g/mol. The second kappa shape index (κ2) is 5.44. The van der Waals surface area contributed by atoms with Gasteiger partial charge in [0.15, 0.2) is 5.82 Å². The van der Waals surface area contributed by atoms with Crippen LogP contribution in [-0.2, 0) is 6.54 Å². The second-order valence-corrected chi connectivity index (χ2v) is 4.98. The first kappa shape index (κ1) is 13.6. The number of nitrogens with zero attached hydrogens (tertiary/aromatic N) is 3. The fraction of sp³-hybridized carbons (Fsp3) is 0.417. The minimum absolute atomic E-state index is 0.159. The molecule has 1 saturated heterocycles. The van der Waals surface area contributed by atoms with Crippen molar-refractivity contribution in [2.24, 2.45) is 0 Å². The Hall–Kier alpha value is -1.82. The van der Waals surface area contributed by atoms with E-state index >= 15 is 0 Å². The first-order valence-electron chi connectivity index (χ1n) is 5.96. The number of hydrogen-bond donors (Lipinski definition) is 1. The van der Waals surface area contributed by atoms with Crippen LogP contribution in [0.25, 0.3) is 0 Å². The lowest BCUT2D eigenvalue weighted by atomic mass is 10.1. The summed E-state index contributed by atoms with van der Waals surface area (Å²) in [6.07, 6.45) is 2.69. The van der Waals surface area contributed by atoms with Crippen LogP contribution in [0.1, 0.15) is 19.4 Å². The molecule has 2 heterocycles. The maximum atomic E-state index is 10.6. The number of halogens is 1. The molecule has 0 spiro atoms. The van der Waals surface area contributed by atoms with Crippen LogP contribution in [0.5, 0.6) is 0 Å². The van der Waals surface area contributed by atoms with Gasteiger partial charge >= 0.3 is 0 Å². The quantitative estimate of drug-likeness (QED) is 0.521. The smallest absolute Gasteiger partial charge is 0.274 e. The van der Waals surface area contributed by atoms with E-state index in [0.717, 1.165) is 11.8 Å². The molecule has 7 heteroatoms. The molecule has 2 rings (SSSR count). The van der Waals surface area contributed by atoms with Crippen LogP contribution in [0.3, 0.4) is 0 Å². The fourth-order valence-electron chi connectivity index (χ4n) is 2.06. The molecule has 0 saturated carbocycles. The summed E-state index contributed by atoms with van der Waals surface area (Å²) in [4.78, 5) is 16.2. The third kappa shape index (κ3) is 3.14. The number of nitrogens with one attached hydrogen (secondary N) is 1. The minimum atomic E-state index is -0.444. The van der Waals surface area contributed by atoms with Crippen molar-refractivity contribution in [3.63, 3.8) is 0 Å². The molecule has 0 unspecified atom stereocenters. The number of hydrogen-bond acceptors (Lipinski definition) is 5. The fourth-order valence-corrected chi connectivity index (χ4v) is 2.17. The molecule has 1 aliphatic heterocycles. The summed E-state index contributed by atoms with van der Waals surface area (Å²) in [5.41, 5.74) is 0.960. The zero-order valence-electron chi connectivity index (χ0n) is 10.7. The van der Waals surface area contributed by atoms with Gasteiger partial charge < -0.3 is 10.2 Å². The van der Waals surface area contributed by atoms with Gasteiger partial charge in [-0.1, -0.05) is 17.7 Å². The van der Waals surface area contributed by atoms with E-state index in [1.54, 1.807) is 12.3 Å². The molecular formula is C12H15ClN4O2. The molecule has 0 aromatic carbocycles. The molecule has 102 valence electrons. The van der Waals surface area contributed by atoms with Gasteiger partial charge in [-0.2, -0.15) is 0 Å². The number of nitro groups is 1. The highest BCUT2D eigenvalue weighted by molar-refractivity contribution is 6.29. The SMILES string of the molecule is C[C@@H]1N/C(=C\[N+](=O)[O-])N(Cc2ccc(Cl)nc2)[C@@H]1C. The van der Waals surface area contributed by atoms with Gasteiger partial charge in [0, 0.05) is 24.8 Å². The van der Waals surface area contributed by atoms with Crippen LogP contribution in [0, 0.1) is 10.1 Å². The van der Waals surface area contributed by atoms with Crippen molar-refractivity contribution in [1.82, 2.24) is 15.2 Å². The Balaban J connectivity index is 2.20. The van der Waals surface area contributed by atoms with Crippen LogP contribution in [0.15, 0.2) is 30.4 Å². The molecule has 6 nitrogen and oxygen atoms in total. The molecule has 1 fully saturated rings. The molecule has 1 aliphatic rings. The van der Waals surface area contributed by atoms with Crippen molar-refractivity contribution in [3.8, 4) is 0 Å². The highest BCUT2D eigenvalue weighted by Gasteiger charge is 2.32. The van der Waals surface area contributed by atoms with E-state index in [1.807, 2.05) is 24.8 Å². The molecule has 0 amide bonds. The predicted molar refractivity (Wildman–Crippen MR) is 71.9 cm³/mol. The van der Waals surface area contributed by atoms with Gasteiger partial charge in [-0.15, -0.1) is 0 Å². The van der Waals surface area contributed by atoms with Gasteiger partial charge in [-0.3, -0.25) is 10.1 Å². The maximum Gasteiger partial charge on any atom is 0.274 e. The maximum absolute atomic E-state index is 10.6. The first-order chi connectivity index (χ1) is 8.97. The summed E-state index contributed by atoms with van der Waals surface area (Å²) in [5.74, 6) is 0.528. The summed E-state index contributed by atoms with van der Waals surface area (Å²) < 4.78 is 0. The summed E-state index contributed by atoms with van der Waals surface area (Å²) in [7, 11) is 0. The molecule has 19 heavy (non-hydrogen) atoms. The van der Waals surface area contributed by atoms with Crippen LogP contribution in [-0.4, -0.2) is 26.9 Å². The number of aromatic nitrogens is 1. The van der Waals surface area contributed by atoms with Gasteiger partial charge in [0.1, 0.15) is 5.15 Å². The molecule has 0 aliphatic carbocycles. The van der Waals surface area contributed by atoms with E-state index in [0.29, 0.717) is 17.5 Å². The van der Waals surface area contributed by atoms with E-state index in [-0.39, 0.29) is 12.1 Å². The average Bonchev–Trinajstić information content (AvgIpc) is 2.59. The zero-order chi connectivity index (χ0) is 14.0. The lowest BCUT2D eigenvalue weighted by molar-refractivity contribution is -0.404. The van der Waals surface area contributed by atoms with E-state index in [1.165, 1.54) is 0 Å². The Morgan fingerprint density at radius 2 is 2.32 bits per heavy atom. The Morgan fingerprint density at radius 3 is 2.89 bits per heavy atom. The zero-order valence-corrected chi connectivity index (χ0v) is 11.5. The summed E-state index contributed by atoms with van der Waals surface area (Å²) in [6.45, 7) is 4.59. The molecule has 0 bridgehead atoms. The lowest BCUT2D eigenvalue weighted by Crippen LogP contribution is -2.30. The van der Waals surface area contributed by atoms with Crippen molar-refractivity contribution in [3.05, 3.63) is 51.2 Å². The highest BCUT2D eigenvalue weighted by atomic mass is 35.5. The van der Waals surface area contributed by atoms with Gasteiger partial charge in [-0.05, 0) is 25.5 Å². The third-order valence-electron chi connectivity index (χ3n) is 3.27. The second-order valence-electron chi connectivity index (χ2n) is 4.59. The van der Waals surface area contributed by atoms with Crippen LogP contribution in [0.2, 0.25) is 5.15 Å². The normalized spacial score (nSPS) is 24.6. The van der Waals surface area contributed by atoms with Crippen molar-refractivity contribution in [2.75, 3.05) is 0 Å². The monoisotopic (exact) mass is 282 g/mol. The predicted octanol–water partition coefficient (Wildman–Crippen LogP) is 1.99. The summed E-state index contributed by atoms with van der Waals surface area (Å²) in [5, 5.41) is 14.2. The third-order valence-corrected chi connectivity index (χ3v) is 3.49. The van der Waals surface area contributed by atoms with Crippen molar-refractivity contribution < 1.29 is 4.92 Å². The van der Waals surface area contributed by atoms with Gasteiger partial charge in [0.25, 0.3) is 6.20 Å². The Morgan fingerprint density at radius 1 is 1.58 bits per heavy atom. The minimum Gasteiger partial charge on any atom is -0.362 e. The summed E-state index contributed by atoms with van der Waals surface area (Å²) in [6, 6.07) is 3.91. The van der Waals surface area contributed by atoms with E-state index in [4.69, 9.17) is 11.6 Å². The largest absolute Gasteiger partial charge is 0.362 e. The Labute approximate surface area is 116 Å². The lowest BCUT2D eigenvalue weighted by Gasteiger charge is -2.23. The van der Waals surface area contributed by atoms with Crippen molar-refractivity contribution in [2.45, 2.75) is 32.5 Å². The molecule has 1 aromatic rings.